The Morgan fingerprint density at radius 3 is 2.71 bits per heavy atom. The zero-order chi connectivity index (χ0) is 12.5. The first kappa shape index (κ1) is 14.1. The van der Waals surface area contributed by atoms with Crippen LogP contribution in [0.15, 0.2) is 24.3 Å². The Balaban J connectivity index is 2.41. The summed E-state index contributed by atoms with van der Waals surface area (Å²) in [5, 5.41) is 10.4. The first-order valence-corrected chi connectivity index (χ1v) is 6.54. The molecular formula is C15H19ClO. The Kier molecular flexibility index (Phi) is 6.77. The average Bonchev–Trinajstić information content (AvgIpc) is 2.34. The second kappa shape index (κ2) is 8.17. The van der Waals surface area contributed by atoms with Crippen molar-refractivity contribution < 1.29 is 5.11 Å². The van der Waals surface area contributed by atoms with E-state index in [2.05, 4.69) is 18.8 Å². The highest BCUT2D eigenvalue weighted by Gasteiger charge is 2.06. The molecule has 1 nitrogen and oxygen atoms in total. The number of benzene rings is 1. The lowest BCUT2D eigenvalue weighted by atomic mass is 10.1. The SMILES string of the molecule is CCCCCCC#C[C@@H](O)c1ccccc1Cl. The quantitative estimate of drug-likeness (QED) is 0.609. The van der Waals surface area contributed by atoms with Crippen LogP contribution in [-0.4, -0.2) is 5.11 Å². The van der Waals surface area contributed by atoms with E-state index in [1.165, 1.54) is 19.3 Å². The van der Waals surface area contributed by atoms with Crippen LogP contribution in [-0.2, 0) is 0 Å². The number of unbranched alkanes of at least 4 members (excludes halogenated alkanes) is 4. The molecule has 92 valence electrons. The van der Waals surface area contributed by atoms with Crippen LogP contribution in [0.2, 0.25) is 5.02 Å². The first-order valence-electron chi connectivity index (χ1n) is 6.16. The molecule has 0 saturated carbocycles. The standard InChI is InChI=1S/C15H19ClO/c1-2-3-4-5-6-7-12-15(17)13-10-8-9-11-14(13)16/h8-11,15,17H,2-6H2,1H3/t15-/m1/s1. The molecule has 1 atom stereocenters. The molecule has 0 aromatic heterocycles. The van der Waals surface area contributed by atoms with E-state index in [4.69, 9.17) is 11.6 Å². The van der Waals surface area contributed by atoms with Gasteiger partial charge in [0.25, 0.3) is 0 Å². The van der Waals surface area contributed by atoms with Crippen LogP contribution in [0.25, 0.3) is 0 Å². The summed E-state index contributed by atoms with van der Waals surface area (Å²) in [6.07, 6.45) is 4.89. The Morgan fingerprint density at radius 1 is 1.24 bits per heavy atom. The number of hydrogen-bond acceptors (Lipinski definition) is 1. The van der Waals surface area contributed by atoms with Crippen molar-refractivity contribution >= 4 is 11.6 Å². The van der Waals surface area contributed by atoms with Crippen molar-refractivity contribution in [2.75, 3.05) is 0 Å². The molecule has 0 aliphatic carbocycles. The van der Waals surface area contributed by atoms with Crippen molar-refractivity contribution in [3.05, 3.63) is 34.9 Å². The molecule has 0 heterocycles. The van der Waals surface area contributed by atoms with Crippen LogP contribution in [0.5, 0.6) is 0 Å². The number of halogens is 1. The van der Waals surface area contributed by atoms with E-state index < -0.39 is 6.10 Å². The fourth-order valence-corrected chi connectivity index (χ4v) is 1.82. The van der Waals surface area contributed by atoms with Crippen molar-refractivity contribution in [1.82, 2.24) is 0 Å². The summed E-state index contributed by atoms with van der Waals surface area (Å²) in [6.45, 7) is 2.19. The zero-order valence-corrected chi connectivity index (χ0v) is 11.0. The van der Waals surface area contributed by atoms with Gasteiger partial charge >= 0.3 is 0 Å². The molecule has 0 bridgehead atoms. The minimum Gasteiger partial charge on any atom is -0.376 e. The summed E-state index contributed by atoms with van der Waals surface area (Å²) in [7, 11) is 0. The summed E-state index contributed by atoms with van der Waals surface area (Å²) in [5.41, 5.74) is 0.690. The molecule has 0 radical (unpaired) electrons. The minimum absolute atomic E-state index is 0.570. The highest BCUT2D eigenvalue weighted by molar-refractivity contribution is 6.31. The summed E-state index contributed by atoms with van der Waals surface area (Å²) >= 11 is 5.97. The van der Waals surface area contributed by atoms with Crippen LogP contribution in [0, 0.1) is 11.8 Å². The number of aliphatic hydroxyl groups is 1. The molecule has 0 aliphatic heterocycles. The van der Waals surface area contributed by atoms with Gasteiger partial charge < -0.3 is 5.11 Å². The van der Waals surface area contributed by atoms with Crippen LogP contribution < -0.4 is 0 Å². The van der Waals surface area contributed by atoms with Crippen molar-refractivity contribution in [1.29, 1.82) is 0 Å². The smallest absolute Gasteiger partial charge is 0.141 e. The molecule has 0 aliphatic rings. The van der Waals surface area contributed by atoms with Crippen molar-refractivity contribution in [2.45, 2.75) is 45.1 Å². The summed E-state index contributed by atoms with van der Waals surface area (Å²) in [5.74, 6) is 5.85. The maximum atomic E-state index is 9.85. The van der Waals surface area contributed by atoms with Crippen LogP contribution in [0.4, 0.5) is 0 Å². The summed E-state index contributed by atoms with van der Waals surface area (Å²) in [6, 6.07) is 7.27. The van der Waals surface area contributed by atoms with Crippen LogP contribution >= 0.6 is 11.6 Å². The van der Waals surface area contributed by atoms with E-state index in [9.17, 15) is 5.11 Å². The van der Waals surface area contributed by atoms with Gasteiger partial charge in [0.2, 0.25) is 0 Å². The molecule has 2 heteroatoms. The highest BCUT2D eigenvalue weighted by Crippen LogP contribution is 2.21. The number of aliphatic hydroxyl groups excluding tert-OH is 1. The fourth-order valence-electron chi connectivity index (χ4n) is 1.58. The Labute approximate surface area is 109 Å². The molecular weight excluding hydrogens is 232 g/mol. The fraction of sp³-hybridized carbons (Fsp3) is 0.467. The molecule has 0 fully saturated rings. The van der Waals surface area contributed by atoms with E-state index >= 15 is 0 Å². The van der Waals surface area contributed by atoms with E-state index in [1.807, 2.05) is 12.1 Å². The van der Waals surface area contributed by atoms with Gasteiger partial charge in [-0.15, -0.1) is 5.92 Å². The molecule has 1 aromatic carbocycles. The number of hydrogen-bond donors (Lipinski definition) is 1. The number of rotatable bonds is 5. The van der Waals surface area contributed by atoms with Gasteiger partial charge in [-0.1, -0.05) is 61.9 Å². The zero-order valence-electron chi connectivity index (χ0n) is 10.2. The Bertz CT molecular complexity index is 389. The lowest BCUT2D eigenvalue weighted by Crippen LogP contribution is -1.94. The third-order valence-corrected chi connectivity index (χ3v) is 2.94. The molecule has 0 unspecified atom stereocenters. The van der Waals surface area contributed by atoms with Crippen LogP contribution in [0.1, 0.15) is 50.7 Å². The largest absolute Gasteiger partial charge is 0.376 e. The molecule has 0 saturated heterocycles. The van der Waals surface area contributed by atoms with Crippen molar-refractivity contribution in [3.63, 3.8) is 0 Å². The van der Waals surface area contributed by atoms with E-state index in [0.29, 0.717) is 10.6 Å². The molecule has 1 rings (SSSR count). The van der Waals surface area contributed by atoms with E-state index in [-0.39, 0.29) is 0 Å². The molecule has 1 N–H and O–H groups in total. The van der Waals surface area contributed by atoms with Crippen molar-refractivity contribution in [3.8, 4) is 11.8 Å². The van der Waals surface area contributed by atoms with Gasteiger partial charge in [0.15, 0.2) is 0 Å². The molecule has 0 amide bonds. The normalized spacial score (nSPS) is 11.7. The first-order chi connectivity index (χ1) is 8.25. The van der Waals surface area contributed by atoms with Gasteiger partial charge in [-0.25, -0.2) is 0 Å². The highest BCUT2D eigenvalue weighted by atomic mass is 35.5. The predicted octanol–water partition coefficient (Wildman–Crippen LogP) is 4.35. The van der Waals surface area contributed by atoms with Gasteiger partial charge in [-0.05, 0) is 12.5 Å². The van der Waals surface area contributed by atoms with E-state index in [0.717, 1.165) is 12.8 Å². The van der Waals surface area contributed by atoms with Gasteiger partial charge in [0, 0.05) is 17.0 Å². The minimum atomic E-state index is -0.769. The van der Waals surface area contributed by atoms with Crippen molar-refractivity contribution in [2.24, 2.45) is 0 Å². The third-order valence-electron chi connectivity index (χ3n) is 2.59. The average molecular weight is 251 g/mol. The Hall–Kier alpha value is -0.970. The molecule has 1 aromatic rings. The molecule has 17 heavy (non-hydrogen) atoms. The van der Waals surface area contributed by atoms with Gasteiger partial charge in [0.05, 0.1) is 0 Å². The van der Waals surface area contributed by atoms with Crippen LogP contribution in [0.3, 0.4) is 0 Å². The second-order valence-electron chi connectivity index (χ2n) is 4.06. The van der Waals surface area contributed by atoms with Gasteiger partial charge in [-0.2, -0.15) is 0 Å². The molecule has 0 spiro atoms. The maximum absolute atomic E-state index is 9.85. The van der Waals surface area contributed by atoms with Gasteiger partial charge in [0.1, 0.15) is 6.10 Å². The Morgan fingerprint density at radius 2 is 2.00 bits per heavy atom. The topological polar surface area (TPSA) is 20.2 Å². The summed E-state index contributed by atoms with van der Waals surface area (Å²) in [4.78, 5) is 0. The predicted molar refractivity (Wildman–Crippen MR) is 72.9 cm³/mol. The summed E-state index contributed by atoms with van der Waals surface area (Å²) < 4.78 is 0. The van der Waals surface area contributed by atoms with Gasteiger partial charge in [-0.3, -0.25) is 0 Å². The monoisotopic (exact) mass is 250 g/mol. The maximum Gasteiger partial charge on any atom is 0.141 e. The lowest BCUT2D eigenvalue weighted by Gasteiger charge is -2.05. The van der Waals surface area contributed by atoms with E-state index in [1.54, 1.807) is 12.1 Å². The second-order valence-corrected chi connectivity index (χ2v) is 4.46. The third kappa shape index (κ3) is 5.26. The lowest BCUT2D eigenvalue weighted by molar-refractivity contribution is 0.238.